The Bertz CT molecular complexity index is 643. The zero-order valence-electron chi connectivity index (χ0n) is 13.1. The zero-order chi connectivity index (χ0) is 17.1. The number of carbonyl (C=O) groups excluding carboxylic acids is 2. The summed E-state index contributed by atoms with van der Waals surface area (Å²) in [5.41, 5.74) is 0.346. The fourth-order valence-electron chi connectivity index (χ4n) is 3.17. The van der Waals surface area contributed by atoms with Crippen LogP contribution in [0.3, 0.4) is 0 Å². The average Bonchev–Trinajstić information content (AvgIpc) is 2.73. The molecule has 130 valence electrons. The second-order valence-corrected chi connectivity index (χ2v) is 6.34. The third-order valence-electron chi connectivity index (χ3n) is 4.23. The standard InChI is InChI=1S/C16H19ClFN3O3/c17-11-8-10(18)3-4-12(11)20-14(22)9-21-6-1-2-13-15(21)16(23)19-5-7-24-13/h3-4,8,13,15H,1-2,5-7,9H2,(H,19,23)(H,20,22)/t13-,15-/m0/s1. The third-order valence-corrected chi connectivity index (χ3v) is 4.55. The Kier molecular flexibility index (Phi) is 5.33. The van der Waals surface area contributed by atoms with E-state index in [9.17, 15) is 14.0 Å². The van der Waals surface area contributed by atoms with Gasteiger partial charge in [0.15, 0.2) is 0 Å². The topological polar surface area (TPSA) is 70.7 Å². The molecule has 0 unspecified atom stereocenters. The van der Waals surface area contributed by atoms with Gasteiger partial charge in [0.25, 0.3) is 0 Å². The van der Waals surface area contributed by atoms with Crippen LogP contribution in [0.1, 0.15) is 12.8 Å². The number of likely N-dealkylation sites (tertiary alicyclic amines) is 1. The molecular weight excluding hydrogens is 337 g/mol. The highest BCUT2D eigenvalue weighted by atomic mass is 35.5. The molecule has 2 aliphatic rings. The van der Waals surface area contributed by atoms with Crippen molar-refractivity contribution in [3.05, 3.63) is 29.0 Å². The van der Waals surface area contributed by atoms with Crippen LogP contribution in [0.4, 0.5) is 10.1 Å². The Morgan fingerprint density at radius 1 is 1.50 bits per heavy atom. The molecule has 2 N–H and O–H groups in total. The van der Waals surface area contributed by atoms with Crippen LogP contribution in [-0.2, 0) is 14.3 Å². The lowest BCUT2D eigenvalue weighted by Crippen LogP contribution is -2.57. The summed E-state index contributed by atoms with van der Waals surface area (Å²) in [7, 11) is 0. The minimum absolute atomic E-state index is 0.0473. The quantitative estimate of drug-likeness (QED) is 0.859. The van der Waals surface area contributed by atoms with Gasteiger partial charge in [0.05, 0.1) is 30.0 Å². The van der Waals surface area contributed by atoms with Crippen LogP contribution < -0.4 is 10.6 Å². The number of rotatable bonds is 3. The minimum Gasteiger partial charge on any atom is -0.374 e. The van der Waals surface area contributed by atoms with Gasteiger partial charge in [-0.1, -0.05) is 11.6 Å². The van der Waals surface area contributed by atoms with Gasteiger partial charge in [-0.2, -0.15) is 0 Å². The van der Waals surface area contributed by atoms with E-state index in [4.69, 9.17) is 16.3 Å². The molecule has 2 aliphatic heterocycles. The number of carbonyl (C=O) groups is 2. The largest absolute Gasteiger partial charge is 0.374 e. The summed E-state index contributed by atoms with van der Waals surface area (Å²) < 4.78 is 18.8. The summed E-state index contributed by atoms with van der Waals surface area (Å²) >= 11 is 5.92. The molecule has 0 radical (unpaired) electrons. The van der Waals surface area contributed by atoms with E-state index in [2.05, 4.69) is 10.6 Å². The molecule has 2 atom stereocenters. The summed E-state index contributed by atoms with van der Waals surface area (Å²) in [6, 6.07) is 3.32. The van der Waals surface area contributed by atoms with Crippen molar-refractivity contribution < 1.29 is 18.7 Å². The number of hydrogen-bond acceptors (Lipinski definition) is 4. The maximum Gasteiger partial charge on any atom is 0.240 e. The maximum absolute atomic E-state index is 13.1. The van der Waals surface area contributed by atoms with E-state index in [1.165, 1.54) is 12.1 Å². The summed E-state index contributed by atoms with van der Waals surface area (Å²) in [5.74, 6) is -0.879. The summed E-state index contributed by atoms with van der Waals surface area (Å²) in [4.78, 5) is 26.4. The van der Waals surface area contributed by atoms with Gasteiger partial charge in [-0.25, -0.2) is 4.39 Å². The van der Waals surface area contributed by atoms with Crippen molar-refractivity contribution >= 4 is 29.1 Å². The first kappa shape index (κ1) is 17.1. The molecule has 2 fully saturated rings. The molecule has 0 aromatic heterocycles. The van der Waals surface area contributed by atoms with Gasteiger partial charge in [-0.05, 0) is 37.6 Å². The van der Waals surface area contributed by atoms with Crippen molar-refractivity contribution in [1.29, 1.82) is 0 Å². The first-order chi connectivity index (χ1) is 11.5. The molecule has 0 bridgehead atoms. The van der Waals surface area contributed by atoms with Crippen LogP contribution in [0.25, 0.3) is 0 Å². The molecular formula is C16H19ClFN3O3. The number of nitrogens with one attached hydrogen (secondary N) is 2. The number of hydrogen-bond donors (Lipinski definition) is 2. The lowest BCUT2D eigenvalue weighted by molar-refractivity contribution is -0.133. The van der Waals surface area contributed by atoms with Crippen molar-refractivity contribution in [3.63, 3.8) is 0 Å². The Morgan fingerprint density at radius 2 is 2.33 bits per heavy atom. The average molecular weight is 356 g/mol. The van der Waals surface area contributed by atoms with Gasteiger partial charge in [-0.15, -0.1) is 0 Å². The summed E-state index contributed by atoms with van der Waals surface area (Å²) in [6.45, 7) is 1.66. The number of fused-ring (bicyclic) bond motifs is 1. The zero-order valence-corrected chi connectivity index (χ0v) is 13.8. The van der Waals surface area contributed by atoms with Crippen molar-refractivity contribution in [1.82, 2.24) is 10.2 Å². The molecule has 2 saturated heterocycles. The van der Waals surface area contributed by atoms with E-state index in [-0.39, 0.29) is 29.5 Å². The second-order valence-electron chi connectivity index (χ2n) is 5.93. The van der Waals surface area contributed by atoms with Gasteiger partial charge in [0, 0.05) is 6.54 Å². The fourth-order valence-corrected chi connectivity index (χ4v) is 3.38. The summed E-state index contributed by atoms with van der Waals surface area (Å²) in [6.07, 6.45) is 1.47. The minimum atomic E-state index is -0.468. The van der Waals surface area contributed by atoms with E-state index < -0.39 is 11.9 Å². The van der Waals surface area contributed by atoms with E-state index in [1.807, 2.05) is 4.90 Å². The molecule has 1 aromatic carbocycles. The Balaban J connectivity index is 1.67. The molecule has 0 spiro atoms. The molecule has 8 heteroatoms. The Hall–Kier alpha value is -1.70. The number of nitrogens with zero attached hydrogens (tertiary/aromatic N) is 1. The van der Waals surface area contributed by atoms with Crippen LogP contribution in [0, 0.1) is 5.82 Å². The molecule has 3 rings (SSSR count). The van der Waals surface area contributed by atoms with Crippen molar-refractivity contribution in [3.8, 4) is 0 Å². The Labute approximate surface area is 144 Å². The molecule has 24 heavy (non-hydrogen) atoms. The third kappa shape index (κ3) is 3.85. The van der Waals surface area contributed by atoms with Crippen LogP contribution >= 0.6 is 11.6 Å². The Morgan fingerprint density at radius 3 is 3.12 bits per heavy atom. The maximum atomic E-state index is 13.1. The van der Waals surface area contributed by atoms with Crippen molar-refractivity contribution in [2.24, 2.45) is 0 Å². The molecule has 0 saturated carbocycles. The number of amides is 2. The van der Waals surface area contributed by atoms with E-state index in [0.717, 1.165) is 18.9 Å². The normalized spacial score (nSPS) is 24.7. The van der Waals surface area contributed by atoms with Gasteiger partial charge in [0.2, 0.25) is 11.8 Å². The highest BCUT2D eigenvalue weighted by Gasteiger charge is 2.39. The lowest BCUT2D eigenvalue weighted by Gasteiger charge is -2.38. The number of benzene rings is 1. The molecule has 1 aromatic rings. The first-order valence-electron chi connectivity index (χ1n) is 7.93. The number of halogens is 2. The fraction of sp³-hybridized carbons (Fsp3) is 0.500. The lowest BCUT2D eigenvalue weighted by atomic mass is 9.98. The number of ether oxygens (including phenoxy) is 1. The van der Waals surface area contributed by atoms with E-state index in [0.29, 0.717) is 25.4 Å². The van der Waals surface area contributed by atoms with Gasteiger partial charge in [0.1, 0.15) is 11.9 Å². The SMILES string of the molecule is O=C(CN1CCC[C@@H]2OCCNC(=O)[C@H]21)Nc1ccc(F)cc1Cl. The number of anilines is 1. The smallest absolute Gasteiger partial charge is 0.240 e. The number of piperidine rings is 1. The van der Waals surface area contributed by atoms with Crippen LogP contribution in [-0.4, -0.2) is 55.1 Å². The highest BCUT2D eigenvalue weighted by Crippen LogP contribution is 2.24. The summed E-state index contributed by atoms with van der Waals surface area (Å²) in [5, 5.41) is 5.61. The molecule has 2 amide bonds. The van der Waals surface area contributed by atoms with Gasteiger partial charge < -0.3 is 15.4 Å². The van der Waals surface area contributed by atoms with Gasteiger partial charge in [-0.3, -0.25) is 14.5 Å². The van der Waals surface area contributed by atoms with Crippen LogP contribution in [0.15, 0.2) is 18.2 Å². The molecule has 6 nitrogen and oxygen atoms in total. The second kappa shape index (κ2) is 7.46. The highest BCUT2D eigenvalue weighted by molar-refractivity contribution is 6.33. The monoisotopic (exact) mass is 355 g/mol. The van der Waals surface area contributed by atoms with Crippen LogP contribution in [0.5, 0.6) is 0 Å². The van der Waals surface area contributed by atoms with E-state index >= 15 is 0 Å². The predicted octanol–water partition coefficient (Wildman–Crippen LogP) is 1.40. The molecule has 2 heterocycles. The van der Waals surface area contributed by atoms with Crippen molar-refractivity contribution in [2.75, 3.05) is 31.6 Å². The first-order valence-corrected chi connectivity index (χ1v) is 8.30. The predicted molar refractivity (Wildman–Crippen MR) is 87.4 cm³/mol. The molecule has 0 aliphatic carbocycles. The van der Waals surface area contributed by atoms with E-state index in [1.54, 1.807) is 0 Å². The van der Waals surface area contributed by atoms with Crippen LogP contribution in [0.2, 0.25) is 5.02 Å². The van der Waals surface area contributed by atoms with Crippen molar-refractivity contribution in [2.45, 2.75) is 25.0 Å². The van der Waals surface area contributed by atoms with Gasteiger partial charge >= 0.3 is 0 Å².